The lowest BCUT2D eigenvalue weighted by molar-refractivity contribution is 0.0773. The molecule has 0 saturated heterocycles. The summed E-state index contributed by atoms with van der Waals surface area (Å²) in [6.07, 6.45) is 0. The number of amides is 1. The van der Waals surface area contributed by atoms with Gasteiger partial charge in [0, 0.05) is 27.6 Å². The molecule has 1 aromatic carbocycles. The van der Waals surface area contributed by atoms with Gasteiger partial charge in [-0.25, -0.2) is 0 Å². The van der Waals surface area contributed by atoms with Crippen LogP contribution in [-0.2, 0) is 0 Å². The summed E-state index contributed by atoms with van der Waals surface area (Å²) in [6, 6.07) is 5.31. The molecule has 0 bridgehead atoms. The predicted molar refractivity (Wildman–Crippen MR) is 76.5 cm³/mol. The van der Waals surface area contributed by atoms with Gasteiger partial charge in [0.05, 0.1) is 5.56 Å². The Hall–Kier alpha value is -0.000000000000000111. The molecule has 2 nitrogen and oxygen atoms in total. The molecule has 88 valence electrons. The summed E-state index contributed by atoms with van der Waals surface area (Å²) in [4.78, 5) is 13.9. The van der Waals surface area contributed by atoms with E-state index in [1.807, 2.05) is 13.0 Å². The Bertz CT molecular complexity index is 384. The first kappa shape index (κ1) is 14.1. The van der Waals surface area contributed by atoms with Gasteiger partial charge in [-0.2, -0.15) is 0 Å². The van der Waals surface area contributed by atoms with Gasteiger partial charge in [0.2, 0.25) is 0 Å². The molecule has 0 aliphatic carbocycles. The first-order valence-electron chi connectivity index (χ1n) is 4.90. The van der Waals surface area contributed by atoms with E-state index in [1.54, 1.807) is 17.0 Å². The Morgan fingerprint density at radius 2 is 2.19 bits per heavy atom. The van der Waals surface area contributed by atoms with E-state index < -0.39 is 0 Å². The molecular formula is C11H12Cl2INO. The molecule has 0 atom stereocenters. The first-order chi connectivity index (χ1) is 7.60. The number of carbonyl (C=O) groups excluding carboxylic acids is 1. The van der Waals surface area contributed by atoms with Crippen molar-refractivity contribution in [2.24, 2.45) is 0 Å². The molecule has 0 fully saturated rings. The largest absolute Gasteiger partial charge is 0.338 e. The van der Waals surface area contributed by atoms with Gasteiger partial charge in [0.25, 0.3) is 5.91 Å². The summed E-state index contributed by atoms with van der Waals surface area (Å²) in [5, 5.41) is 0.575. The fourth-order valence-electron chi connectivity index (χ4n) is 1.34. The van der Waals surface area contributed by atoms with Crippen LogP contribution in [0, 0.1) is 3.57 Å². The van der Waals surface area contributed by atoms with Crippen LogP contribution in [0.2, 0.25) is 5.02 Å². The van der Waals surface area contributed by atoms with E-state index in [0.29, 0.717) is 29.6 Å². The highest BCUT2D eigenvalue weighted by Crippen LogP contribution is 2.19. The first-order valence-corrected chi connectivity index (χ1v) is 6.89. The zero-order valence-corrected chi connectivity index (χ0v) is 12.5. The van der Waals surface area contributed by atoms with Gasteiger partial charge >= 0.3 is 0 Å². The molecule has 1 aromatic rings. The number of benzene rings is 1. The summed E-state index contributed by atoms with van der Waals surface area (Å²) in [5.41, 5.74) is 0.639. The number of halogens is 3. The van der Waals surface area contributed by atoms with Crippen LogP contribution in [0.3, 0.4) is 0 Å². The molecule has 16 heavy (non-hydrogen) atoms. The normalized spacial score (nSPS) is 10.2. The molecule has 0 unspecified atom stereocenters. The molecule has 1 rings (SSSR count). The smallest absolute Gasteiger partial charge is 0.255 e. The zero-order valence-electron chi connectivity index (χ0n) is 8.84. The predicted octanol–water partition coefficient (Wildman–Crippen LogP) is 3.65. The van der Waals surface area contributed by atoms with Gasteiger partial charge in [-0.15, -0.1) is 11.6 Å². The molecule has 5 heteroatoms. The van der Waals surface area contributed by atoms with Gasteiger partial charge in [-0.05, 0) is 47.7 Å². The number of alkyl halides is 1. The lowest BCUT2D eigenvalue weighted by Gasteiger charge is -2.20. The Morgan fingerprint density at radius 1 is 1.50 bits per heavy atom. The van der Waals surface area contributed by atoms with Crippen LogP contribution in [0.15, 0.2) is 18.2 Å². The van der Waals surface area contributed by atoms with Crippen LogP contribution >= 0.6 is 45.8 Å². The van der Waals surface area contributed by atoms with Crippen molar-refractivity contribution >= 4 is 51.7 Å². The van der Waals surface area contributed by atoms with Crippen LogP contribution in [-0.4, -0.2) is 29.8 Å². The van der Waals surface area contributed by atoms with Gasteiger partial charge < -0.3 is 4.90 Å². The number of hydrogen-bond donors (Lipinski definition) is 0. The molecule has 0 aromatic heterocycles. The molecule has 0 heterocycles. The summed E-state index contributed by atoms with van der Waals surface area (Å²) in [7, 11) is 0. The van der Waals surface area contributed by atoms with Crippen molar-refractivity contribution in [3.05, 3.63) is 32.4 Å². The highest BCUT2D eigenvalue weighted by atomic mass is 127. The maximum Gasteiger partial charge on any atom is 0.255 e. The summed E-state index contributed by atoms with van der Waals surface area (Å²) in [5.74, 6) is 0.423. The van der Waals surface area contributed by atoms with Gasteiger partial charge in [0.15, 0.2) is 0 Å². The van der Waals surface area contributed by atoms with E-state index in [4.69, 9.17) is 23.2 Å². The highest BCUT2D eigenvalue weighted by Gasteiger charge is 2.16. The second-order valence-electron chi connectivity index (χ2n) is 3.20. The molecule has 0 spiro atoms. The highest BCUT2D eigenvalue weighted by molar-refractivity contribution is 14.1. The maximum atomic E-state index is 12.1. The minimum absolute atomic E-state index is 0.0185. The number of nitrogens with zero attached hydrogens (tertiary/aromatic N) is 1. The van der Waals surface area contributed by atoms with Gasteiger partial charge in [0.1, 0.15) is 0 Å². The summed E-state index contributed by atoms with van der Waals surface area (Å²) >= 11 is 13.7. The van der Waals surface area contributed by atoms with Crippen molar-refractivity contribution in [2.45, 2.75) is 6.92 Å². The van der Waals surface area contributed by atoms with Crippen molar-refractivity contribution in [3.8, 4) is 0 Å². The van der Waals surface area contributed by atoms with Gasteiger partial charge in [-0.3, -0.25) is 4.79 Å². The van der Waals surface area contributed by atoms with Gasteiger partial charge in [-0.1, -0.05) is 11.6 Å². The molecule has 0 aliphatic rings. The Kier molecular flexibility index (Phi) is 5.86. The van der Waals surface area contributed by atoms with E-state index >= 15 is 0 Å². The molecule has 0 N–H and O–H groups in total. The minimum atomic E-state index is -0.0185. The van der Waals surface area contributed by atoms with Crippen LogP contribution in [0.5, 0.6) is 0 Å². The quantitative estimate of drug-likeness (QED) is 0.584. The summed E-state index contributed by atoms with van der Waals surface area (Å²) < 4.78 is 0.903. The maximum absolute atomic E-state index is 12.1. The molecule has 0 saturated carbocycles. The topological polar surface area (TPSA) is 20.3 Å². The molecule has 0 aliphatic heterocycles. The third-order valence-electron chi connectivity index (χ3n) is 2.18. The van der Waals surface area contributed by atoms with Crippen LogP contribution in [0.25, 0.3) is 0 Å². The zero-order chi connectivity index (χ0) is 12.1. The fraction of sp³-hybridized carbons (Fsp3) is 0.364. The SMILES string of the molecule is CCN(CCCl)C(=O)c1cc(Cl)ccc1I. The van der Waals surface area contributed by atoms with Crippen LogP contribution in [0.4, 0.5) is 0 Å². The van der Waals surface area contributed by atoms with E-state index in [2.05, 4.69) is 22.6 Å². The van der Waals surface area contributed by atoms with E-state index in [-0.39, 0.29) is 5.91 Å². The Labute approximate surface area is 119 Å². The average Bonchev–Trinajstić information content (AvgIpc) is 2.28. The fourth-order valence-corrected chi connectivity index (χ4v) is 2.28. The van der Waals surface area contributed by atoms with Crippen molar-refractivity contribution in [2.75, 3.05) is 19.0 Å². The number of rotatable bonds is 4. The van der Waals surface area contributed by atoms with Crippen molar-refractivity contribution < 1.29 is 4.79 Å². The Morgan fingerprint density at radius 3 is 2.75 bits per heavy atom. The second-order valence-corrected chi connectivity index (χ2v) is 5.17. The monoisotopic (exact) mass is 371 g/mol. The Balaban J connectivity index is 2.98. The lowest BCUT2D eigenvalue weighted by atomic mass is 10.2. The second kappa shape index (κ2) is 6.67. The van der Waals surface area contributed by atoms with E-state index in [1.165, 1.54) is 0 Å². The number of hydrogen-bond acceptors (Lipinski definition) is 1. The molecule has 1 amide bonds. The van der Waals surface area contributed by atoms with Crippen LogP contribution < -0.4 is 0 Å². The molecule has 0 radical (unpaired) electrons. The van der Waals surface area contributed by atoms with Crippen LogP contribution in [0.1, 0.15) is 17.3 Å². The molecular weight excluding hydrogens is 360 g/mol. The third kappa shape index (κ3) is 3.50. The van der Waals surface area contributed by atoms with Crippen molar-refractivity contribution in [3.63, 3.8) is 0 Å². The number of carbonyl (C=O) groups is 1. The van der Waals surface area contributed by atoms with Crippen molar-refractivity contribution in [1.29, 1.82) is 0 Å². The van der Waals surface area contributed by atoms with E-state index in [0.717, 1.165) is 3.57 Å². The van der Waals surface area contributed by atoms with E-state index in [9.17, 15) is 4.79 Å². The van der Waals surface area contributed by atoms with Crippen molar-refractivity contribution in [1.82, 2.24) is 4.90 Å². The third-order valence-corrected chi connectivity index (χ3v) is 3.53. The summed E-state index contributed by atoms with van der Waals surface area (Å²) in [6.45, 7) is 3.13. The standard InChI is InChI=1S/C11H12Cl2INO/c1-2-15(6-5-12)11(16)9-7-8(13)3-4-10(9)14/h3-4,7H,2,5-6H2,1H3. The minimum Gasteiger partial charge on any atom is -0.338 e. The lowest BCUT2D eigenvalue weighted by Crippen LogP contribution is -2.33. The average molecular weight is 372 g/mol.